The fourth-order valence-corrected chi connectivity index (χ4v) is 4.30. The minimum absolute atomic E-state index is 0.0841. The first-order chi connectivity index (χ1) is 17.6. The molecule has 0 bridgehead atoms. The van der Waals surface area contributed by atoms with Crippen molar-refractivity contribution >= 4 is 0 Å². The van der Waals surface area contributed by atoms with Gasteiger partial charge in [-0.05, 0) is 68.9 Å². The Hall–Kier alpha value is -2.93. The van der Waals surface area contributed by atoms with E-state index in [0.717, 1.165) is 35.8 Å². The second kappa shape index (κ2) is 13.0. The number of aliphatic hydroxyl groups is 1. The van der Waals surface area contributed by atoms with Gasteiger partial charge in [0.25, 0.3) is 0 Å². The van der Waals surface area contributed by atoms with Crippen molar-refractivity contribution in [1.29, 1.82) is 5.26 Å². The zero-order valence-corrected chi connectivity index (χ0v) is 21.3. The van der Waals surface area contributed by atoms with E-state index in [1.165, 1.54) is 0 Å². The fourth-order valence-electron chi connectivity index (χ4n) is 4.30. The first kappa shape index (κ1) is 28.6. The predicted molar refractivity (Wildman–Crippen MR) is 137 cm³/mol. The number of benzene rings is 1. The summed E-state index contributed by atoms with van der Waals surface area (Å²) in [5.41, 5.74) is 0.791. The van der Waals surface area contributed by atoms with E-state index >= 15 is 0 Å². The molecular weight excluding hydrogens is 481 g/mol. The number of nitrogens with zero attached hydrogens (tertiary/aromatic N) is 3. The molecule has 1 aliphatic rings. The van der Waals surface area contributed by atoms with Crippen LogP contribution in [0.5, 0.6) is 5.75 Å². The lowest BCUT2D eigenvalue weighted by molar-refractivity contribution is -0.0987. The van der Waals surface area contributed by atoms with Crippen molar-refractivity contribution in [1.82, 2.24) is 15.2 Å². The smallest absolute Gasteiger partial charge is 0.413 e. The largest absolute Gasteiger partial charge is 0.494 e. The Morgan fingerprint density at radius 3 is 2.51 bits per heavy atom. The number of hydrogen-bond acceptors (Lipinski definition) is 6. The Morgan fingerprint density at radius 2 is 1.89 bits per heavy atom. The second-order valence-electron chi connectivity index (χ2n) is 9.90. The van der Waals surface area contributed by atoms with E-state index in [-0.39, 0.29) is 13.0 Å². The molecule has 0 radical (unpaired) electrons. The third-order valence-corrected chi connectivity index (χ3v) is 6.73. The number of unbranched alkanes of at least 4 members (excludes halogenated alkanes) is 1. The monoisotopic (exact) mass is 516 g/mol. The number of rotatable bonds is 12. The maximum atomic E-state index is 13.3. The Balaban J connectivity index is 1.48. The normalized spacial score (nSPS) is 18.4. The van der Waals surface area contributed by atoms with Gasteiger partial charge in [-0.3, -0.25) is 15.2 Å². The SMILES string of the molecule is CC(C)(CO)N(CCCCOc1ccc(-c2cccnc2)cc1)CNC1C=C(C(F)(F)F)C(C#N)CC1. The highest BCUT2D eigenvalue weighted by Gasteiger charge is 2.41. The summed E-state index contributed by atoms with van der Waals surface area (Å²) in [5, 5.41) is 22.1. The van der Waals surface area contributed by atoms with Gasteiger partial charge in [0, 0.05) is 42.8 Å². The van der Waals surface area contributed by atoms with Gasteiger partial charge >= 0.3 is 6.18 Å². The molecule has 9 heteroatoms. The summed E-state index contributed by atoms with van der Waals surface area (Å²) in [4.78, 5) is 6.17. The van der Waals surface area contributed by atoms with Crippen molar-refractivity contribution in [2.24, 2.45) is 5.92 Å². The summed E-state index contributed by atoms with van der Waals surface area (Å²) < 4.78 is 45.9. The number of nitrogens with one attached hydrogen (secondary N) is 1. The van der Waals surface area contributed by atoms with E-state index in [4.69, 9.17) is 10.00 Å². The van der Waals surface area contributed by atoms with Gasteiger partial charge in [-0.25, -0.2) is 0 Å². The summed E-state index contributed by atoms with van der Waals surface area (Å²) in [5.74, 6) is -0.336. The van der Waals surface area contributed by atoms with Crippen molar-refractivity contribution in [3.63, 3.8) is 0 Å². The molecule has 1 aromatic carbocycles. The number of pyridine rings is 1. The lowest BCUT2D eigenvalue weighted by Gasteiger charge is -2.38. The molecule has 2 aromatic rings. The van der Waals surface area contributed by atoms with Crippen LogP contribution in [0.1, 0.15) is 39.5 Å². The Bertz CT molecular complexity index is 1050. The highest BCUT2D eigenvalue weighted by molar-refractivity contribution is 5.62. The van der Waals surface area contributed by atoms with Crippen molar-refractivity contribution in [2.75, 3.05) is 26.4 Å². The van der Waals surface area contributed by atoms with E-state index in [1.807, 2.05) is 61.3 Å². The molecule has 2 unspecified atom stereocenters. The molecule has 1 heterocycles. The zero-order valence-electron chi connectivity index (χ0n) is 21.3. The number of halogens is 3. The molecular formula is C28H35F3N4O2. The molecule has 2 N–H and O–H groups in total. The maximum Gasteiger partial charge on any atom is 0.413 e. The molecule has 1 aromatic heterocycles. The van der Waals surface area contributed by atoms with Crippen LogP contribution in [0.15, 0.2) is 60.4 Å². The second-order valence-corrected chi connectivity index (χ2v) is 9.90. The highest BCUT2D eigenvalue weighted by atomic mass is 19.4. The van der Waals surface area contributed by atoms with Gasteiger partial charge in [-0.1, -0.05) is 24.3 Å². The van der Waals surface area contributed by atoms with Crippen molar-refractivity contribution in [3.8, 4) is 22.9 Å². The average Bonchev–Trinajstić information content (AvgIpc) is 2.90. The van der Waals surface area contributed by atoms with Crippen LogP contribution < -0.4 is 10.1 Å². The maximum absolute atomic E-state index is 13.3. The quantitative estimate of drug-likeness (QED) is 0.226. The van der Waals surface area contributed by atoms with Crippen molar-refractivity contribution < 1.29 is 23.0 Å². The lowest BCUT2D eigenvalue weighted by Crippen LogP contribution is -2.53. The molecule has 3 rings (SSSR count). The number of nitriles is 1. The number of hydrogen-bond donors (Lipinski definition) is 2. The van der Waals surface area contributed by atoms with E-state index in [9.17, 15) is 18.3 Å². The molecule has 37 heavy (non-hydrogen) atoms. The van der Waals surface area contributed by atoms with Crippen LogP contribution >= 0.6 is 0 Å². The molecule has 0 fully saturated rings. The summed E-state index contributed by atoms with van der Waals surface area (Å²) in [6.07, 6.45) is 2.40. The molecule has 0 saturated carbocycles. The summed E-state index contributed by atoms with van der Waals surface area (Å²) in [7, 11) is 0. The van der Waals surface area contributed by atoms with Crippen LogP contribution in [0.25, 0.3) is 11.1 Å². The number of ether oxygens (including phenoxy) is 1. The Kier molecular flexibility index (Phi) is 10.1. The van der Waals surface area contributed by atoms with E-state index in [2.05, 4.69) is 10.3 Å². The number of aromatic nitrogens is 1. The van der Waals surface area contributed by atoms with Crippen LogP contribution in [0.2, 0.25) is 0 Å². The summed E-state index contributed by atoms with van der Waals surface area (Å²) in [6.45, 7) is 5.22. The first-order valence-corrected chi connectivity index (χ1v) is 12.5. The molecule has 6 nitrogen and oxygen atoms in total. The first-order valence-electron chi connectivity index (χ1n) is 12.5. The van der Waals surface area contributed by atoms with Crippen LogP contribution in [-0.2, 0) is 0 Å². The third-order valence-electron chi connectivity index (χ3n) is 6.73. The minimum Gasteiger partial charge on any atom is -0.494 e. The molecule has 0 saturated heterocycles. The zero-order chi connectivity index (χ0) is 26.9. The van der Waals surface area contributed by atoms with E-state index in [1.54, 1.807) is 12.3 Å². The van der Waals surface area contributed by atoms with Gasteiger partial charge in [0.05, 0.1) is 25.2 Å². The summed E-state index contributed by atoms with van der Waals surface area (Å²) in [6, 6.07) is 13.0. The van der Waals surface area contributed by atoms with Crippen molar-refractivity contribution in [2.45, 2.75) is 57.3 Å². The molecule has 0 amide bonds. The predicted octanol–water partition coefficient (Wildman–Crippen LogP) is 5.32. The third kappa shape index (κ3) is 8.29. The van der Waals surface area contributed by atoms with Crippen LogP contribution in [0, 0.1) is 17.2 Å². The van der Waals surface area contributed by atoms with E-state index < -0.39 is 29.2 Å². The van der Waals surface area contributed by atoms with Gasteiger partial charge in [0.2, 0.25) is 0 Å². The van der Waals surface area contributed by atoms with Gasteiger partial charge in [0.1, 0.15) is 5.75 Å². The number of aliphatic hydroxyl groups excluding tert-OH is 1. The van der Waals surface area contributed by atoms with Gasteiger partial charge in [-0.15, -0.1) is 0 Å². The van der Waals surface area contributed by atoms with Crippen LogP contribution in [0.3, 0.4) is 0 Å². The highest BCUT2D eigenvalue weighted by Crippen LogP contribution is 2.37. The molecule has 0 aliphatic heterocycles. The average molecular weight is 517 g/mol. The van der Waals surface area contributed by atoms with E-state index in [0.29, 0.717) is 26.2 Å². The van der Waals surface area contributed by atoms with Gasteiger partial charge in [-0.2, -0.15) is 18.4 Å². The minimum atomic E-state index is -4.51. The molecule has 200 valence electrons. The number of alkyl halides is 3. The van der Waals surface area contributed by atoms with Crippen LogP contribution in [0.4, 0.5) is 13.2 Å². The standard InChI is InChI=1S/C28H35F3N4O2/c1-27(2,19-36)35(20-34-24-10-7-22(17-32)26(16-24)28(29,30)31)14-3-4-15-37-25-11-8-21(9-12-25)23-6-5-13-33-18-23/h5-6,8-9,11-13,16,18,22,24,34,36H,3-4,7,10,14-15,19-20H2,1-2H3. The van der Waals surface area contributed by atoms with Gasteiger partial charge in [0.15, 0.2) is 0 Å². The fraction of sp³-hybridized carbons (Fsp3) is 0.500. The lowest BCUT2D eigenvalue weighted by atomic mass is 9.86. The topological polar surface area (TPSA) is 81.4 Å². The molecule has 1 aliphatic carbocycles. The van der Waals surface area contributed by atoms with Crippen LogP contribution in [-0.4, -0.2) is 59.2 Å². The Morgan fingerprint density at radius 1 is 1.14 bits per heavy atom. The van der Waals surface area contributed by atoms with Gasteiger partial charge < -0.3 is 9.84 Å². The summed E-state index contributed by atoms with van der Waals surface area (Å²) >= 11 is 0. The molecule has 0 spiro atoms. The van der Waals surface area contributed by atoms with Crippen molar-refractivity contribution in [3.05, 3.63) is 60.4 Å². The Labute approximate surface area is 216 Å². The molecule has 2 atom stereocenters. The number of allylic oxidation sites excluding steroid dienone is 1.